The van der Waals surface area contributed by atoms with Crippen molar-refractivity contribution in [3.05, 3.63) is 35.4 Å². The highest BCUT2D eigenvalue weighted by Gasteiger charge is 2.30. The molecular weight excluding hydrogens is 234 g/mol. The van der Waals surface area contributed by atoms with Crippen LogP contribution in [0.4, 0.5) is 0 Å². The Morgan fingerprint density at radius 1 is 1.26 bits per heavy atom. The maximum absolute atomic E-state index is 5.75. The van der Waals surface area contributed by atoms with Crippen molar-refractivity contribution < 1.29 is 4.74 Å². The van der Waals surface area contributed by atoms with E-state index in [4.69, 9.17) is 4.74 Å². The predicted octanol–water partition coefficient (Wildman–Crippen LogP) is 3.71. The third-order valence-electron chi connectivity index (χ3n) is 4.06. The molecular formula is C17H27NO. The van der Waals surface area contributed by atoms with Crippen molar-refractivity contribution in [3.63, 3.8) is 0 Å². The normalized spacial score (nSPS) is 24.6. The maximum atomic E-state index is 5.75. The highest BCUT2D eigenvalue weighted by molar-refractivity contribution is 5.25. The largest absolute Gasteiger partial charge is 0.378 e. The highest BCUT2D eigenvalue weighted by Crippen LogP contribution is 2.31. The fourth-order valence-electron chi connectivity index (χ4n) is 2.90. The fraction of sp³-hybridized carbons (Fsp3) is 0.647. The van der Waals surface area contributed by atoms with E-state index in [9.17, 15) is 0 Å². The molecule has 1 heterocycles. The topological polar surface area (TPSA) is 21.3 Å². The second kappa shape index (κ2) is 7.06. The molecule has 19 heavy (non-hydrogen) atoms. The second-order valence-electron chi connectivity index (χ2n) is 5.67. The molecule has 3 atom stereocenters. The summed E-state index contributed by atoms with van der Waals surface area (Å²) in [5.74, 6) is 0.606. The Balaban J connectivity index is 2.11. The van der Waals surface area contributed by atoms with E-state index in [-0.39, 0.29) is 0 Å². The van der Waals surface area contributed by atoms with Crippen LogP contribution in [0.5, 0.6) is 0 Å². The van der Waals surface area contributed by atoms with Crippen molar-refractivity contribution in [1.82, 2.24) is 5.32 Å². The predicted molar refractivity (Wildman–Crippen MR) is 80.4 cm³/mol. The Bertz CT molecular complexity index is 373. The van der Waals surface area contributed by atoms with Gasteiger partial charge in [-0.05, 0) is 43.9 Å². The smallest absolute Gasteiger partial charge is 0.0551 e. The summed E-state index contributed by atoms with van der Waals surface area (Å²) in [5.41, 5.74) is 2.82. The first-order valence-electron chi connectivity index (χ1n) is 7.68. The molecule has 106 valence electrons. The minimum Gasteiger partial charge on any atom is -0.378 e. The molecule has 1 fully saturated rings. The van der Waals surface area contributed by atoms with Gasteiger partial charge < -0.3 is 10.1 Å². The van der Waals surface area contributed by atoms with Crippen LogP contribution in [0, 0.1) is 5.92 Å². The third-order valence-corrected chi connectivity index (χ3v) is 4.06. The first kappa shape index (κ1) is 14.5. The minimum absolute atomic E-state index is 0.408. The van der Waals surface area contributed by atoms with Gasteiger partial charge in [0, 0.05) is 12.0 Å². The minimum atomic E-state index is 0.408. The molecule has 0 bridgehead atoms. The molecule has 0 aromatic heterocycles. The Morgan fingerprint density at radius 3 is 2.53 bits per heavy atom. The first-order valence-corrected chi connectivity index (χ1v) is 7.68. The summed E-state index contributed by atoms with van der Waals surface area (Å²) in [7, 11) is 0. The molecule has 2 nitrogen and oxygen atoms in total. The fourth-order valence-corrected chi connectivity index (χ4v) is 2.90. The van der Waals surface area contributed by atoms with Crippen molar-refractivity contribution in [2.75, 3.05) is 13.2 Å². The van der Waals surface area contributed by atoms with E-state index in [0.717, 1.165) is 26.0 Å². The van der Waals surface area contributed by atoms with Gasteiger partial charge in [-0.15, -0.1) is 0 Å². The zero-order valence-corrected chi connectivity index (χ0v) is 12.5. The average Bonchev–Trinajstić information content (AvgIpc) is 2.86. The van der Waals surface area contributed by atoms with Crippen LogP contribution in [0.15, 0.2) is 24.3 Å². The van der Waals surface area contributed by atoms with Crippen molar-refractivity contribution in [2.45, 2.75) is 52.2 Å². The number of ether oxygens (including phenoxy) is 1. The summed E-state index contributed by atoms with van der Waals surface area (Å²) in [6.07, 6.45) is 3.85. The van der Waals surface area contributed by atoms with Crippen molar-refractivity contribution in [1.29, 1.82) is 0 Å². The van der Waals surface area contributed by atoms with E-state index in [1.54, 1.807) is 0 Å². The number of benzene rings is 1. The number of hydrogen-bond acceptors (Lipinski definition) is 2. The molecule has 0 spiro atoms. The van der Waals surface area contributed by atoms with Gasteiger partial charge in [-0.25, -0.2) is 0 Å². The monoisotopic (exact) mass is 261 g/mol. The number of hydrogen-bond donors (Lipinski definition) is 1. The van der Waals surface area contributed by atoms with E-state index in [0.29, 0.717) is 18.1 Å². The van der Waals surface area contributed by atoms with Crippen molar-refractivity contribution >= 4 is 0 Å². The molecule has 0 aliphatic carbocycles. The highest BCUT2D eigenvalue weighted by atomic mass is 16.5. The van der Waals surface area contributed by atoms with E-state index >= 15 is 0 Å². The Labute approximate surface area is 117 Å². The lowest BCUT2D eigenvalue weighted by Crippen LogP contribution is -2.29. The van der Waals surface area contributed by atoms with Crippen LogP contribution >= 0.6 is 0 Å². The zero-order valence-electron chi connectivity index (χ0n) is 12.5. The van der Waals surface area contributed by atoms with Gasteiger partial charge in [-0.3, -0.25) is 0 Å². The summed E-state index contributed by atoms with van der Waals surface area (Å²) in [6.45, 7) is 8.56. The van der Waals surface area contributed by atoms with Crippen LogP contribution in [0.2, 0.25) is 0 Å². The molecule has 1 aromatic rings. The van der Waals surface area contributed by atoms with Gasteiger partial charge in [0.2, 0.25) is 0 Å². The van der Waals surface area contributed by atoms with Crippen molar-refractivity contribution in [2.24, 2.45) is 5.92 Å². The summed E-state index contributed by atoms with van der Waals surface area (Å²) in [4.78, 5) is 0. The Kier molecular flexibility index (Phi) is 5.41. The molecule has 1 N–H and O–H groups in total. The van der Waals surface area contributed by atoms with Gasteiger partial charge in [0.25, 0.3) is 0 Å². The van der Waals surface area contributed by atoms with Crippen LogP contribution < -0.4 is 5.32 Å². The molecule has 0 radical (unpaired) electrons. The summed E-state index contributed by atoms with van der Waals surface area (Å²) >= 11 is 0. The quantitative estimate of drug-likeness (QED) is 0.843. The molecule has 3 unspecified atom stereocenters. The van der Waals surface area contributed by atoms with E-state index in [2.05, 4.69) is 50.4 Å². The molecule has 0 amide bonds. The van der Waals surface area contributed by atoms with Crippen LogP contribution in [0.1, 0.15) is 50.8 Å². The van der Waals surface area contributed by atoms with Crippen molar-refractivity contribution in [3.8, 4) is 0 Å². The van der Waals surface area contributed by atoms with Crippen LogP contribution in [-0.4, -0.2) is 19.3 Å². The number of nitrogens with one attached hydrogen (secondary N) is 1. The third kappa shape index (κ3) is 3.80. The molecule has 0 saturated carbocycles. The average molecular weight is 261 g/mol. The molecule has 1 aliphatic heterocycles. The van der Waals surface area contributed by atoms with Crippen LogP contribution in [0.25, 0.3) is 0 Å². The van der Waals surface area contributed by atoms with Crippen LogP contribution in [0.3, 0.4) is 0 Å². The molecule has 1 saturated heterocycles. The van der Waals surface area contributed by atoms with Crippen LogP contribution in [-0.2, 0) is 11.2 Å². The summed E-state index contributed by atoms with van der Waals surface area (Å²) in [5, 5.41) is 3.71. The van der Waals surface area contributed by atoms with E-state index < -0.39 is 0 Å². The van der Waals surface area contributed by atoms with Gasteiger partial charge in [-0.2, -0.15) is 0 Å². The second-order valence-corrected chi connectivity index (χ2v) is 5.67. The number of rotatable bonds is 6. The van der Waals surface area contributed by atoms with Gasteiger partial charge in [0.1, 0.15) is 0 Å². The molecule has 1 aliphatic rings. The Morgan fingerprint density at radius 2 is 2.00 bits per heavy atom. The van der Waals surface area contributed by atoms with E-state index in [1.807, 2.05) is 0 Å². The molecule has 1 aromatic carbocycles. The lowest BCUT2D eigenvalue weighted by molar-refractivity contribution is 0.117. The first-order chi connectivity index (χ1) is 9.24. The SMILES string of the molecule is CCCNC(c1ccc(CC)cc1)C1COC(C)C1. The van der Waals surface area contributed by atoms with E-state index in [1.165, 1.54) is 17.5 Å². The van der Waals surface area contributed by atoms with Gasteiger partial charge in [0.15, 0.2) is 0 Å². The molecule has 2 heteroatoms. The number of aryl methyl sites for hydroxylation is 1. The lowest BCUT2D eigenvalue weighted by atomic mass is 9.90. The molecule has 2 rings (SSSR count). The van der Waals surface area contributed by atoms with Gasteiger partial charge in [-0.1, -0.05) is 38.1 Å². The maximum Gasteiger partial charge on any atom is 0.0551 e. The zero-order chi connectivity index (χ0) is 13.7. The Hall–Kier alpha value is -0.860. The summed E-state index contributed by atoms with van der Waals surface area (Å²) in [6, 6.07) is 9.53. The van der Waals surface area contributed by atoms with Gasteiger partial charge >= 0.3 is 0 Å². The lowest BCUT2D eigenvalue weighted by Gasteiger charge is -2.24. The summed E-state index contributed by atoms with van der Waals surface area (Å²) < 4.78 is 5.75. The standard InChI is InChI=1S/C17H27NO/c1-4-10-18-17(16-11-13(3)19-12-16)15-8-6-14(5-2)7-9-15/h6-9,13,16-18H,4-5,10-12H2,1-3H3. The van der Waals surface area contributed by atoms with Gasteiger partial charge in [0.05, 0.1) is 12.7 Å².